The average Bonchev–Trinajstić information content (AvgIpc) is 2.89. The van der Waals surface area contributed by atoms with E-state index in [4.69, 9.17) is 9.98 Å². The van der Waals surface area contributed by atoms with Gasteiger partial charge in [-0.05, 0) is 65.2 Å². The molecule has 1 fully saturated rings. The van der Waals surface area contributed by atoms with Gasteiger partial charge in [0.1, 0.15) is 11.5 Å². The van der Waals surface area contributed by atoms with Gasteiger partial charge >= 0.3 is 0 Å². The molecule has 0 aromatic heterocycles. The number of aliphatic imine (C=N–C) groups is 1. The number of hydrogen-bond donors (Lipinski definition) is 0. The van der Waals surface area contributed by atoms with Crippen LogP contribution in [-0.2, 0) is 6.42 Å². The highest BCUT2D eigenvalue weighted by atomic mass is 33.1. The molecule has 30 heavy (non-hydrogen) atoms. The number of likely N-dealkylation sites (N-methyl/N-ethyl adjacent to an activating group) is 1. The predicted octanol–water partition coefficient (Wildman–Crippen LogP) is 5.49. The predicted molar refractivity (Wildman–Crippen MR) is 126 cm³/mol. The summed E-state index contributed by atoms with van der Waals surface area (Å²) < 4.78 is 13.6. The fourth-order valence-corrected chi connectivity index (χ4v) is 6.14. The molecule has 1 aromatic carbocycles. The number of hydrogen-bond acceptors (Lipinski definition) is 6. The van der Waals surface area contributed by atoms with Crippen molar-refractivity contribution in [2.24, 2.45) is 4.99 Å². The Morgan fingerprint density at radius 2 is 2.10 bits per heavy atom. The van der Waals surface area contributed by atoms with Crippen LogP contribution in [0.4, 0.5) is 15.8 Å². The van der Waals surface area contributed by atoms with Crippen LogP contribution in [0.25, 0.3) is 11.3 Å². The van der Waals surface area contributed by atoms with E-state index in [0.717, 1.165) is 55.1 Å². The minimum Gasteiger partial charge on any atom is -0.365 e. The maximum absolute atomic E-state index is 13.6. The Kier molecular flexibility index (Phi) is 5.67. The molecule has 1 aliphatic carbocycles. The number of halogens is 1. The number of fused-ring (bicyclic) bond motifs is 3. The second-order valence-electron chi connectivity index (χ2n) is 7.78. The zero-order valence-electron chi connectivity index (χ0n) is 16.8. The molecule has 3 heterocycles. The molecule has 4 aliphatic rings. The quantitative estimate of drug-likeness (QED) is 0.503. The number of rotatable bonds is 4. The van der Waals surface area contributed by atoms with Gasteiger partial charge in [-0.15, -0.1) is 0 Å². The molecule has 7 heteroatoms. The number of benzene rings is 1. The fraction of sp³-hybridized carbons (Fsp3) is 0.304. The zero-order valence-corrected chi connectivity index (χ0v) is 18.4. The van der Waals surface area contributed by atoms with Crippen LogP contribution >= 0.6 is 21.6 Å². The van der Waals surface area contributed by atoms with Crippen LogP contribution in [0.15, 0.2) is 58.5 Å². The Balaban J connectivity index is 1.43. The Hall–Kier alpha value is -2.09. The Bertz CT molecular complexity index is 1060. The monoisotopic (exact) mass is 438 g/mol. The SMILES string of the molecule is CN1CCN(c2c3nccccc-3c3c2N=CSS3)CC1CCc1cccc(F)c1. The number of aromatic nitrogens is 1. The van der Waals surface area contributed by atoms with Crippen LogP contribution < -0.4 is 4.90 Å². The normalized spacial score (nSPS) is 19.3. The van der Waals surface area contributed by atoms with Crippen molar-refractivity contribution in [2.45, 2.75) is 23.8 Å². The first-order valence-corrected chi connectivity index (χ1v) is 12.4. The van der Waals surface area contributed by atoms with Crippen molar-refractivity contribution >= 4 is 38.5 Å². The Morgan fingerprint density at radius 3 is 3.00 bits per heavy atom. The lowest BCUT2D eigenvalue weighted by Gasteiger charge is -2.41. The third kappa shape index (κ3) is 3.82. The van der Waals surface area contributed by atoms with Gasteiger partial charge in [0.25, 0.3) is 0 Å². The molecule has 0 amide bonds. The van der Waals surface area contributed by atoms with E-state index in [2.05, 4.69) is 29.0 Å². The van der Waals surface area contributed by atoms with Gasteiger partial charge in [0.05, 0.1) is 21.8 Å². The molecule has 5 rings (SSSR count). The molecule has 4 nitrogen and oxygen atoms in total. The largest absolute Gasteiger partial charge is 0.365 e. The van der Waals surface area contributed by atoms with Crippen LogP contribution in [0.2, 0.25) is 0 Å². The number of anilines is 1. The Labute approximate surface area is 184 Å². The highest BCUT2D eigenvalue weighted by Crippen LogP contribution is 2.56. The molecular formula is C23H23FN4S2. The lowest BCUT2D eigenvalue weighted by Crippen LogP contribution is -2.51. The summed E-state index contributed by atoms with van der Waals surface area (Å²) in [6, 6.07) is 13.5. The molecule has 1 aromatic rings. The summed E-state index contributed by atoms with van der Waals surface area (Å²) in [5, 5.41) is 0. The summed E-state index contributed by atoms with van der Waals surface area (Å²) >= 11 is 0. The van der Waals surface area contributed by atoms with Gasteiger partial charge in [-0.3, -0.25) is 9.88 Å². The minimum atomic E-state index is -0.159. The topological polar surface area (TPSA) is 31.7 Å². The summed E-state index contributed by atoms with van der Waals surface area (Å²) in [5.74, 6) is -0.159. The van der Waals surface area contributed by atoms with Crippen LogP contribution in [0.3, 0.4) is 0 Å². The van der Waals surface area contributed by atoms with E-state index in [1.807, 2.05) is 23.9 Å². The van der Waals surface area contributed by atoms with Gasteiger partial charge < -0.3 is 4.90 Å². The van der Waals surface area contributed by atoms with Crippen molar-refractivity contribution < 1.29 is 4.39 Å². The van der Waals surface area contributed by atoms with E-state index in [1.165, 1.54) is 16.5 Å². The number of aryl methyl sites for hydroxylation is 1. The fourth-order valence-electron chi connectivity index (χ4n) is 4.32. The van der Waals surface area contributed by atoms with Gasteiger partial charge in [0.15, 0.2) is 0 Å². The molecule has 0 N–H and O–H groups in total. The highest BCUT2D eigenvalue weighted by molar-refractivity contribution is 8.81. The lowest BCUT2D eigenvalue weighted by molar-refractivity contribution is 0.208. The van der Waals surface area contributed by atoms with Gasteiger partial charge in [0.2, 0.25) is 0 Å². The first-order valence-electron chi connectivity index (χ1n) is 10.2. The van der Waals surface area contributed by atoms with E-state index in [0.29, 0.717) is 6.04 Å². The van der Waals surface area contributed by atoms with Gasteiger partial charge in [-0.1, -0.05) is 24.3 Å². The molecule has 154 valence electrons. The van der Waals surface area contributed by atoms with Crippen LogP contribution in [0, 0.1) is 5.82 Å². The van der Waals surface area contributed by atoms with E-state index in [1.54, 1.807) is 33.7 Å². The average molecular weight is 439 g/mol. The lowest BCUT2D eigenvalue weighted by atomic mass is 10.0. The van der Waals surface area contributed by atoms with Crippen molar-refractivity contribution in [3.8, 4) is 11.3 Å². The standard InChI is InChI=1S/C23H23FN4S2/c1-27-11-12-28(14-18(27)9-8-16-5-4-6-17(24)13-16)22-20-19(7-2-3-10-25-20)23-21(22)26-15-29-30-23/h2-7,10,13,15,18H,8-9,11-12,14H2,1H3. The van der Waals surface area contributed by atoms with Crippen LogP contribution in [0.5, 0.6) is 0 Å². The smallest absolute Gasteiger partial charge is 0.123 e. The van der Waals surface area contributed by atoms with E-state index in [9.17, 15) is 4.39 Å². The van der Waals surface area contributed by atoms with E-state index >= 15 is 0 Å². The maximum Gasteiger partial charge on any atom is 0.123 e. The van der Waals surface area contributed by atoms with Crippen LogP contribution in [0.1, 0.15) is 12.0 Å². The molecule has 0 saturated carbocycles. The molecular weight excluding hydrogens is 415 g/mol. The van der Waals surface area contributed by atoms with Gasteiger partial charge in [0, 0.05) is 37.4 Å². The summed E-state index contributed by atoms with van der Waals surface area (Å²) in [7, 11) is 5.61. The third-order valence-electron chi connectivity index (χ3n) is 5.93. The minimum absolute atomic E-state index is 0.159. The summed E-state index contributed by atoms with van der Waals surface area (Å²) in [6.45, 7) is 2.86. The van der Waals surface area contributed by atoms with Gasteiger partial charge in [-0.25, -0.2) is 9.38 Å². The number of piperazine rings is 1. The van der Waals surface area contributed by atoms with Crippen molar-refractivity contribution in [1.29, 1.82) is 0 Å². The molecule has 1 atom stereocenters. The third-order valence-corrected chi connectivity index (χ3v) is 7.85. The second-order valence-corrected chi connectivity index (χ2v) is 9.84. The second kappa shape index (κ2) is 8.57. The molecule has 1 unspecified atom stereocenters. The summed E-state index contributed by atoms with van der Waals surface area (Å²) in [6.07, 6.45) is 3.74. The van der Waals surface area contributed by atoms with Crippen molar-refractivity contribution in [3.05, 3.63) is 60.0 Å². The summed E-state index contributed by atoms with van der Waals surface area (Å²) in [4.78, 5) is 15.6. The van der Waals surface area contributed by atoms with Crippen molar-refractivity contribution in [2.75, 3.05) is 31.6 Å². The first-order chi connectivity index (χ1) is 14.7. The van der Waals surface area contributed by atoms with E-state index in [-0.39, 0.29) is 5.82 Å². The van der Waals surface area contributed by atoms with E-state index < -0.39 is 0 Å². The Morgan fingerprint density at radius 1 is 1.17 bits per heavy atom. The zero-order chi connectivity index (χ0) is 20.5. The molecule has 3 aliphatic heterocycles. The van der Waals surface area contributed by atoms with Crippen molar-refractivity contribution in [3.63, 3.8) is 0 Å². The van der Waals surface area contributed by atoms with Crippen LogP contribution in [-0.4, -0.2) is 48.2 Å². The maximum atomic E-state index is 13.6. The highest BCUT2D eigenvalue weighted by Gasteiger charge is 2.33. The molecule has 1 saturated heterocycles. The molecule has 0 spiro atoms. The number of nitrogens with zero attached hydrogens (tertiary/aromatic N) is 4. The molecule has 0 bridgehead atoms. The molecule has 0 radical (unpaired) electrons. The summed E-state index contributed by atoms with van der Waals surface area (Å²) in [5.41, 5.74) is 7.40. The first kappa shape index (κ1) is 19.8. The van der Waals surface area contributed by atoms with Gasteiger partial charge in [-0.2, -0.15) is 0 Å². The van der Waals surface area contributed by atoms with Crippen molar-refractivity contribution in [1.82, 2.24) is 9.88 Å².